The summed E-state index contributed by atoms with van der Waals surface area (Å²) in [6, 6.07) is 9.40. The van der Waals surface area contributed by atoms with Gasteiger partial charge in [0.1, 0.15) is 4.21 Å². The Hall–Kier alpha value is -0.340. The van der Waals surface area contributed by atoms with Gasteiger partial charge < -0.3 is 0 Å². The van der Waals surface area contributed by atoms with Gasteiger partial charge in [0.25, 0.3) is 0 Å². The fraction of sp³-hybridized carbons (Fsp3) is 0.333. The Morgan fingerprint density at radius 2 is 1.83 bits per heavy atom. The van der Waals surface area contributed by atoms with Crippen LogP contribution in [-0.2, 0) is 10.8 Å². The summed E-state index contributed by atoms with van der Waals surface area (Å²) < 4.78 is 11.3. The molecule has 1 atom stereocenters. The van der Waals surface area contributed by atoms with E-state index in [1.54, 1.807) is 0 Å². The minimum absolute atomic E-state index is 0.443. The molecule has 0 N–H and O–H groups in total. The molecular formula is C9H9ClOS. The summed E-state index contributed by atoms with van der Waals surface area (Å²) >= 11 is 6.03. The van der Waals surface area contributed by atoms with Crippen LogP contribution in [0, 0.1) is 0 Å². The van der Waals surface area contributed by atoms with Crippen LogP contribution in [0.2, 0.25) is 0 Å². The van der Waals surface area contributed by atoms with Crippen LogP contribution in [0.3, 0.4) is 0 Å². The molecule has 0 radical (unpaired) electrons. The van der Waals surface area contributed by atoms with E-state index >= 15 is 0 Å². The largest absolute Gasteiger partial charge is 0.253 e. The lowest BCUT2D eigenvalue weighted by Crippen LogP contribution is -2.07. The first kappa shape index (κ1) is 8.27. The van der Waals surface area contributed by atoms with E-state index in [-0.39, 0.29) is 0 Å². The number of halogens is 1. The summed E-state index contributed by atoms with van der Waals surface area (Å²) in [6.07, 6.45) is 1.74. The Kier molecular flexibility index (Phi) is 1.97. The van der Waals surface area contributed by atoms with E-state index in [4.69, 9.17) is 11.6 Å². The smallest absolute Gasteiger partial charge is 0.124 e. The van der Waals surface area contributed by atoms with Gasteiger partial charge in [0, 0.05) is 4.90 Å². The second kappa shape index (κ2) is 2.86. The van der Waals surface area contributed by atoms with Crippen LogP contribution in [0.1, 0.15) is 12.8 Å². The molecule has 0 aliphatic heterocycles. The highest BCUT2D eigenvalue weighted by Crippen LogP contribution is 2.47. The van der Waals surface area contributed by atoms with Crippen LogP contribution in [0.25, 0.3) is 0 Å². The predicted molar refractivity (Wildman–Crippen MR) is 50.7 cm³/mol. The molecule has 2 rings (SSSR count). The van der Waals surface area contributed by atoms with Crippen molar-refractivity contribution in [3.8, 4) is 0 Å². The number of rotatable bonds is 2. The standard InChI is InChI=1S/C9H9ClOS/c10-9(6-7-9)12(11)8-4-2-1-3-5-8/h1-5H,6-7H2. The van der Waals surface area contributed by atoms with Gasteiger partial charge in [0.15, 0.2) is 0 Å². The molecule has 1 fully saturated rings. The van der Waals surface area contributed by atoms with Crippen molar-refractivity contribution in [1.29, 1.82) is 0 Å². The van der Waals surface area contributed by atoms with Gasteiger partial charge in [-0.2, -0.15) is 0 Å². The van der Waals surface area contributed by atoms with Crippen molar-refractivity contribution in [2.24, 2.45) is 0 Å². The molecule has 0 amide bonds. The highest BCUT2D eigenvalue weighted by atomic mass is 35.5. The molecule has 0 spiro atoms. The van der Waals surface area contributed by atoms with E-state index in [2.05, 4.69) is 0 Å². The second-order valence-corrected chi connectivity index (χ2v) is 5.70. The summed E-state index contributed by atoms with van der Waals surface area (Å²) in [4.78, 5) is 0.838. The molecule has 1 aromatic rings. The third-order valence-electron chi connectivity index (χ3n) is 1.93. The normalized spacial score (nSPS) is 21.8. The van der Waals surface area contributed by atoms with Crippen molar-refractivity contribution in [3.63, 3.8) is 0 Å². The lowest BCUT2D eigenvalue weighted by atomic mass is 10.4. The fourth-order valence-electron chi connectivity index (χ4n) is 1.04. The third kappa shape index (κ3) is 1.41. The zero-order chi connectivity index (χ0) is 8.60. The fourth-order valence-corrected chi connectivity index (χ4v) is 2.70. The second-order valence-electron chi connectivity index (χ2n) is 2.96. The van der Waals surface area contributed by atoms with E-state index in [1.807, 2.05) is 30.3 Å². The van der Waals surface area contributed by atoms with E-state index in [0.29, 0.717) is 0 Å². The van der Waals surface area contributed by atoms with Crippen LogP contribution in [0.4, 0.5) is 0 Å². The molecule has 64 valence electrons. The molecule has 1 aromatic carbocycles. The van der Waals surface area contributed by atoms with Crippen LogP contribution < -0.4 is 0 Å². The van der Waals surface area contributed by atoms with Crippen LogP contribution >= 0.6 is 11.6 Å². The number of hydrogen-bond acceptors (Lipinski definition) is 1. The first-order valence-electron chi connectivity index (χ1n) is 3.88. The maximum Gasteiger partial charge on any atom is 0.124 e. The summed E-state index contributed by atoms with van der Waals surface area (Å²) in [5.74, 6) is 0. The van der Waals surface area contributed by atoms with Gasteiger partial charge in [-0.25, -0.2) is 0 Å². The lowest BCUT2D eigenvalue weighted by Gasteiger charge is -2.05. The molecule has 0 bridgehead atoms. The summed E-state index contributed by atoms with van der Waals surface area (Å²) in [5, 5.41) is 0. The summed E-state index contributed by atoms with van der Waals surface area (Å²) in [6.45, 7) is 0. The molecule has 1 aliphatic rings. The number of hydrogen-bond donors (Lipinski definition) is 0. The third-order valence-corrected chi connectivity index (χ3v) is 4.50. The van der Waals surface area contributed by atoms with Gasteiger partial charge in [-0.1, -0.05) is 18.2 Å². The minimum Gasteiger partial charge on any atom is -0.253 e. The molecule has 1 saturated carbocycles. The molecule has 0 saturated heterocycles. The van der Waals surface area contributed by atoms with Crippen LogP contribution in [0.5, 0.6) is 0 Å². The maximum absolute atomic E-state index is 11.7. The average Bonchev–Trinajstić information content (AvgIpc) is 2.85. The Bertz CT molecular complexity index is 306. The van der Waals surface area contributed by atoms with E-state index in [0.717, 1.165) is 17.7 Å². The van der Waals surface area contributed by atoms with Crippen molar-refractivity contribution >= 4 is 22.4 Å². The molecular weight excluding hydrogens is 192 g/mol. The molecule has 1 unspecified atom stereocenters. The van der Waals surface area contributed by atoms with Gasteiger partial charge >= 0.3 is 0 Å². The molecule has 12 heavy (non-hydrogen) atoms. The first-order valence-corrected chi connectivity index (χ1v) is 5.41. The van der Waals surface area contributed by atoms with Crippen molar-refractivity contribution in [2.75, 3.05) is 0 Å². The minimum atomic E-state index is -1.02. The zero-order valence-corrected chi connectivity index (χ0v) is 8.07. The predicted octanol–water partition coefficient (Wildman–Crippen LogP) is 2.52. The van der Waals surface area contributed by atoms with Gasteiger partial charge in [-0.15, -0.1) is 11.6 Å². The number of alkyl halides is 1. The molecule has 0 heterocycles. The summed E-state index contributed by atoms with van der Waals surface area (Å²) in [7, 11) is -1.02. The van der Waals surface area contributed by atoms with Crippen molar-refractivity contribution in [1.82, 2.24) is 0 Å². The quantitative estimate of drug-likeness (QED) is 0.671. The van der Waals surface area contributed by atoms with Crippen molar-refractivity contribution in [2.45, 2.75) is 21.9 Å². The topological polar surface area (TPSA) is 17.1 Å². The van der Waals surface area contributed by atoms with Crippen molar-refractivity contribution in [3.05, 3.63) is 30.3 Å². The SMILES string of the molecule is O=S(c1ccccc1)C1(Cl)CC1. The monoisotopic (exact) mass is 200 g/mol. The van der Waals surface area contributed by atoms with E-state index < -0.39 is 15.0 Å². The number of benzene rings is 1. The van der Waals surface area contributed by atoms with Gasteiger partial charge in [0.2, 0.25) is 0 Å². The first-order chi connectivity index (χ1) is 5.72. The molecule has 0 aromatic heterocycles. The van der Waals surface area contributed by atoms with Crippen molar-refractivity contribution < 1.29 is 4.21 Å². The van der Waals surface area contributed by atoms with Gasteiger partial charge in [-0.3, -0.25) is 4.21 Å². The Labute approximate surface area is 79.2 Å². The highest BCUT2D eigenvalue weighted by Gasteiger charge is 2.47. The molecule has 1 aliphatic carbocycles. The molecule has 3 heteroatoms. The van der Waals surface area contributed by atoms with E-state index in [1.165, 1.54) is 0 Å². The highest BCUT2D eigenvalue weighted by molar-refractivity contribution is 7.88. The Balaban J connectivity index is 2.26. The van der Waals surface area contributed by atoms with Gasteiger partial charge in [0.05, 0.1) is 10.8 Å². The average molecular weight is 201 g/mol. The Morgan fingerprint density at radius 3 is 2.33 bits per heavy atom. The van der Waals surface area contributed by atoms with Crippen LogP contribution in [-0.4, -0.2) is 8.42 Å². The van der Waals surface area contributed by atoms with E-state index in [9.17, 15) is 4.21 Å². The summed E-state index contributed by atoms with van der Waals surface area (Å²) in [5.41, 5.74) is 0. The Morgan fingerprint density at radius 1 is 1.25 bits per heavy atom. The van der Waals surface area contributed by atoms with Crippen LogP contribution in [0.15, 0.2) is 35.2 Å². The lowest BCUT2D eigenvalue weighted by molar-refractivity contribution is 0.680. The molecule has 1 nitrogen and oxygen atoms in total. The zero-order valence-electron chi connectivity index (χ0n) is 6.50. The van der Waals surface area contributed by atoms with Gasteiger partial charge in [-0.05, 0) is 25.0 Å². The maximum atomic E-state index is 11.7.